The average Bonchev–Trinajstić information content (AvgIpc) is 1.66. The SMILES string of the molecule is CC(C)(C)[Si](C)(C)O[C@@H]1CO[C@H]2[C@@H]1OC[C@H]2Oc1nc2cc(Cl)c(C[C@H]3CCc4cc(Br)cc(F)c43)nc2n1COCC[Si](C)(C)C.O[C@@H]1CO[C@H]2[C@@H]1OC[C@H]2Oc1nc2nc(C[C@H]3CCc4cc(Br)cc(F)c43)c(Cl)cc2[nH]1.[C-]#[N+]c1cc(F)c2c(c1)CC[C@@H]2Cc1nc2nc(O[C@@H]3CO[C@H]4[C@@H]3OC[C@H]4O)[nH]c2cc1Cl. The zero-order valence-corrected chi connectivity index (χ0v) is 70.5. The number of benzene rings is 3. The quantitative estimate of drug-likeness (QED) is 0.0333. The van der Waals surface area contributed by atoms with Crippen molar-refractivity contribution < 1.29 is 75.2 Å². The molecule has 0 unspecified atom stereocenters. The summed E-state index contributed by atoms with van der Waals surface area (Å²) in [5.74, 6) is -0.766. The van der Waals surface area contributed by atoms with E-state index in [0.717, 1.165) is 81.3 Å². The first-order valence-electron chi connectivity index (χ1n) is 38.1. The van der Waals surface area contributed by atoms with E-state index in [1.807, 2.05) is 22.8 Å². The maximum Gasteiger partial charge on any atom is 0.301 e. The zero-order chi connectivity index (χ0) is 78.6. The van der Waals surface area contributed by atoms with Gasteiger partial charge < -0.3 is 72.0 Å². The Morgan fingerprint density at radius 3 is 1.47 bits per heavy atom. The van der Waals surface area contributed by atoms with Gasteiger partial charge >= 0.3 is 6.01 Å². The van der Waals surface area contributed by atoms with E-state index in [1.165, 1.54) is 12.1 Å². The van der Waals surface area contributed by atoms with E-state index in [9.17, 15) is 19.0 Å². The van der Waals surface area contributed by atoms with Crippen LogP contribution in [0.1, 0.15) is 108 Å². The fourth-order valence-electron chi connectivity index (χ4n) is 16.6. The second-order valence-corrected chi connectivity index (χ2v) is 46.7. The molecule has 3 aliphatic carbocycles. The number of nitrogens with one attached hydrogen (secondary N) is 2. The lowest BCUT2D eigenvalue weighted by atomic mass is 9.95. The molecule has 6 saturated heterocycles. The van der Waals surface area contributed by atoms with Gasteiger partial charge in [-0.05, 0) is 176 Å². The Kier molecular flexibility index (Phi) is 22.9. The van der Waals surface area contributed by atoms with Gasteiger partial charge in [-0.25, -0.2) is 33.0 Å². The summed E-state index contributed by atoms with van der Waals surface area (Å²) in [6, 6.07) is 17.5. The number of ether oxygens (including phenoxy) is 10. The number of imidazole rings is 3. The third-order valence-corrected chi connectivity index (χ3v) is 31.5. The molecule has 112 heavy (non-hydrogen) atoms. The Hall–Kier alpha value is -5.94. The van der Waals surface area contributed by atoms with Crippen LogP contribution in [0.4, 0.5) is 18.9 Å². The molecule has 6 aliphatic heterocycles. The number of halogens is 8. The van der Waals surface area contributed by atoms with Gasteiger partial charge in [0.1, 0.15) is 78.5 Å². The lowest BCUT2D eigenvalue weighted by Gasteiger charge is -2.39. The van der Waals surface area contributed by atoms with Crippen LogP contribution in [0.15, 0.2) is 63.5 Å². The van der Waals surface area contributed by atoms with Gasteiger partial charge in [0.05, 0.1) is 95.5 Å². The van der Waals surface area contributed by atoms with Gasteiger partial charge in [0.15, 0.2) is 49.3 Å². The van der Waals surface area contributed by atoms with Gasteiger partial charge in [-0.1, -0.05) is 119 Å². The molecule has 0 saturated carbocycles. The van der Waals surface area contributed by atoms with E-state index in [-0.39, 0.29) is 127 Å². The van der Waals surface area contributed by atoms with Crippen molar-refractivity contribution in [2.75, 3.05) is 46.2 Å². The fraction of sp³-hybridized carbons (Fsp3) is 0.532. The van der Waals surface area contributed by atoms with Gasteiger partial charge in [-0.2, -0.15) is 15.0 Å². The first kappa shape index (κ1) is 79.9. The highest BCUT2D eigenvalue weighted by molar-refractivity contribution is 9.10. The minimum Gasteiger partial charge on any atom is -0.456 e. The Labute approximate surface area is 679 Å². The summed E-state index contributed by atoms with van der Waals surface area (Å²) in [5.41, 5.74) is 11.0. The fourth-order valence-corrected chi connectivity index (χ4v) is 20.3. The molecule has 0 radical (unpaired) electrons. The van der Waals surface area contributed by atoms with Crippen LogP contribution in [0.3, 0.4) is 0 Å². The molecule has 9 aromatic rings. The van der Waals surface area contributed by atoms with Crippen molar-refractivity contribution in [3.63, 3.8) is 0 Å². The van der Waals surface area contributed by atoms with Crippen LogP contribution >= 0.6 is 66.7 Å². The summed E-state index contributed by atoms with van der Waals surface area (Å²) in [5, 5.41) is 21.3. The number of aliphatic hydroxyl groups excluding tert-OH is 2. The average molecular weight is 1760 g/mol. The Morgan fingerprint density at radius 1 is 0.554 bits per heavy atom. The van der Waals surface area contributed by atoms with Gasteiger partial charge in [0.2, 0.25) is 0 Å². The molecule has 6 fully saturated rings. The van der Waals surface area contributed by atoms with Crippen LogP contribution < -0.4 is 14.2 Å². The number of hydrogen-bond donors (Lipinski definition) is 4. The maximum atomic E-state index is 15.1. The highest BCUT2D eigenvalue weighted by Crippen LogP contribution is 2.46. The number of aryl methyl sites for hydroxylation is 3. The molecule has 23 nitrogen and oxygen atoms in total. The zero-order valence-electron chi connectivity index (χ0n) is 63.1. The molecular weight excluding hydrogens is 1680 g/mol. The molecule has 6 aromatic heterocycles. The number of nitrogens with zero attached hydrogens (tertiary/aromatic N) is 8. The highest BCUT2D eigenvalue weighted by atomic mass is 79.9. The van der Waals surface area contributed by atoms with Crippen molar-refractivity contribution >= 4 is 122 Å². The second-order valence-electron chi connectivity index (χ2n) is 33.3. The first-order valence-corrected chi connectivity index (χ1v) is 47.4. The largest absolute Gasteiger partial charge is 0.456 e. The molecule has 3 aromatic carbocycles. The number of rotatable bonds is 19. The van der Waals surface area contributed by atoms with E-state index < -0.39 is 28.6 Å². The van der Waals surface area contributed by atoms with E-state index in [0.29, 0.717) is 141 Å². The van der Waals surface area contributed by atoms with E-state index >= 15 is 4.39 Å². The molecular formula is C79H88Br2Cl3F3N10O13Si2. The molecule has 0 amide bonds. The van der Waals surface area contributed by atoms with Gasteiger partial charge in [0, 0.05) is 23.6 Å². The van der Waals surface area contributed by atoms with Crippen LogP contribution in [-0.2, 0) is 82.8 Å². The Bertz CT molecular complexity index is 5110. The topological polar surface area (TPSA) is 260 Å². The minimum absolute atomic E-state index is 0.00536. The smallest absolute Gasteiger partial charge is 0.301 e. The molecule has 0 bridgehead atoms. The van der Waals surface area contributed by atoms with Gasteiger partial charge in [-0.3, -0.25) is 4.57 Å². The molecule has 12 heterocycles. The van der Waals surface area contributed by atoms with Crippen LogP contribution in [0.2, 0.25) is 58.9 Å². The lowest BCUT2D eigenvalue weighted by Crippen LogP contribution is -2.47. The summed E-state index contributed by atoms with van der Waals surface area (Å²) in [7, 11) is -3.31. The van der Waals surface area contributed by atoms with Crippen LogP contribution in [-0.4, -0.2) is 191 Å². The molecule has 33 heteroatoms. The normalized spacial score (nSPS) is 26.9. The summed E-state index contributed by atoms with van der Waals surface area (Å²) < 4.78 is 114. The highest BCUT2D eigenvalue weighted by Gasteiger charge is 2.54. The molecule has 18 rings (SSSR count). The van der Waals surface area contributed by atoms with Crippen molar-refractivity contribution in [2.45, 2.75) is 220 Å². The number of H-pyrrole nitrogens is 2. The Balaban J connectivity index is 0.000000130. The first-order chi connectivity index (χ1) is 53.5. The predicted octanol–water partition coefficient (Wildman–Crippen LogP) is 15.7. The summed E-state index contributed by atoms with van der Waals surface area (Å²) in [6.07, 6.45) is 1.94. The van der Waals surface area contributed by atoms with Crippen LogP contribution in [0, 0.1) is 24.0 Å². The minimum atomic E-state index is -2.01. The standard InChI is InChI=1S/C34H48BrClFN3O5Si2.C23H20ClFN4O4.C22H20BrClFN3O4/c1-34(2,3)47(7,8)45-28-18-43-30-27(17-42-31(28)30)44-33-39-26-16-23(36)25(38-32(26)40(33)19-41-11-12-46(4,5)6)14-21-10-9-20-13-22(35)15-24(37)29(20)21;1-26-12-4-10-2-3-11(19(10)14(25)6-12)5-15-13(24)7-16-22(27-15)29-23(28-16)33-18-9-32-20-17(30)8-31-21(18)20;23-11-3-9-1-2-10(18(9)13(25)5-11)4-14-12(24)6-15-21(26-14)28-22(27-15)32-17-8-31-19-16(29)7-30-20(17)19/h13,15-16,21,27-28,30-31H,9-12,14,17-19H2,1-8H3;4,6-7,11,17-18,20-21,30H,2-3,5,8-9H2,(H,27,28,29);3,5-6,10,16-17,19-20,29H,1-2,4,7-8H2,(H,26,27,28)/t21-,27-,28-,30-,31-;11-,17-,18-,20-,21-;10-,16-,17-,19-,20-/m111/s1. The molecule has 9 aliphatic rings. The van der Waals surface area contributed by atoms with Crippen molar-refractivity contribution in [3.05, 3.63) is 158 Å². The maximum absolute atomic E-state index is 15.1. The van der Waals surface area contributed by atoms with Gasteiger partial charge in [0.25, 0.3) is 12.0 Å². The molecule has 596 valence electrons. The molecule has 15 atom stereocenters. The van der Waals surface area contributed by atoms with Crippen LogP contribution in [0.25, 0.3) is 38.3 Å². The van der Waals surface area contributed by atoms with Crippen molar-refractivity contribution in [3.8, 4) is 18.0 Å². The number of hydrogen-bond acceptors (Lipinski definition) is 19. The molecule has 0 spiro atoms. The third-order valence-electron chi connectivity index (χ3n) is 23.4. The Morgan fingerprint density at radius 2 is 0.982 bits per heavy atom. The van der Waals surface area contributed by atoms with E-state index in [2.05, 4.69) is 120 Å². The predicted molar refractivity (Wildman–Crippen MR) is 425 cm³/mol. The molecule has 4 N–H and O–H groups in total. The van der Waals surface area contributed by atoms with Crippen LogP contribution in [0.5, 0.6) is 18.0 Å². The summed E-state index contributed by atoms with van der Waals surface area (Å²) in [4.78, 5) is 37.5. The summed E-state index contributed by atoms with van der Waals surface area (Å²) in [6.45, 7) is 28.1. The van der Waals surface area contributed by atoms with Gasteiger partial charge in [-0.15, -0.1) is 0 Å². The monoisotopic (exact) mass is 1760 g/mol. The number of aromatic nitrogens is 9. The van der Waals surface area contributed by atoms with Crippen molar-refractivity contribution in [1.82, 2.24) is 44.4 Å². The van der Waals surface area contributed by atoms with E-state index in [1.54, 1.807) is 24.3 Å². The van der Waals surface area contributed by atoms with Crippen molar-refractivity contribution in [1.29, 1.82) is 0 Å². The number of pyridine rings is 3. The second kappa shape index (κ2) is 32.2. The third kappa shape index (κ3) is 16.5. The lowest BCUT2D eigenvalue weighted by molar-refractivity contribution is 0.00686. The number of aromatic amines is 2. The van der Waals surface area contributed by atoms with E-state index in [4.69, 9.17) is 103 Å². The summed E-state index contributed by atoms with van der Waals surface area (Å²) >= 11 is 26.7. The van der Waals surface area contributed by atoms with Crippen molar-refractivity contribution in [2.24, 2.45) is 0 Å². The number of aliphatic hydroxyl groups is 2. The number of fused-ring (bicyclic) bond motifs is 9.